The van der Waals surface area contributed by atoms with Crippen molar-refractivity contribution >= 4 is 11.6 Å². The number of nitrogens with one attached hydrogen (secondary N) is 1. The summed E-state index contributed by atoms with van der Waals surface area (Å²) in [7, 11) is 0. The smallest absolute Gasteiger partial charge is 0.293 e. The predicted octanol–water partition coefficient (Wildman–Crippen LogP) is 3.36. The van der Waals surface area contributed by atoms with Crippen molar-refractivity contribution in [3.63, 3.8) is 0 Å². The Morgan fingerprint density at radius 3 is 2.50 bits per heavy atom. The molecule has 0 radical (unpaired) electrons. The molecule has 1 N–H and O–H groups in total. The van der Waals surface area contributed by atoms with Crippen molar-refractivity contribution in [2.75, 3.05) is 5.32 Å². The standard InChI is InChI=1S/C19H22N2O/c1-14-7-9-18(10-8-14)20-19(22)15(2)21-12-11-16-5-3-4-6-17(16)13-21/h7-13,15H,3-6H2,1-2H3/p+1/t15-/m0/s1. The van der Waals surface area contributed by atoms with E-state index in [2.05, 4.69) is 17.6 Å². The molecule has 0 spiro atoms. The van der Waals surface area contributed by atoms with E-state index in [-0.39, 0.29) is 11.9 Å². The number of benzene rings is 1. The van der Waals surface area contributed by atoms with E-state index >= 15 is 0 Å². The van der Waals surface area contributed by atoms with Gasteiger partial charge in [0.15, 0.2) is 12.4 Å². The quantitative estimate of drug-likeness (QED) is 0.865. The topological polar surface area (TPSA) is 33.0 Å². The van der Waals surface area contributed by atoms with E-state index in [4.69, 9.17) is 0 Å². The van der Waals surface area contributed by atoms with Crippen LogP contribution in [0.3, 0.4) is 0 Å². The van der Waals surface area contributed by atoms with Gasteiger partial charge in [-0.25, -0.2) is 0 Å². The van der Waals surface area contributed by atoms with Crippen LogP contribution >= 0.6 is 0 Å². The maximum absolute atomic E-state index is 12.4. The van der Waals surface area contributed by atoms with Crippen molar-refractivity contribution in [1.29, 1.82) is 0 Å². The number of carbonyl (C=O) groups excluding carboxylic acids is 1. The van der Waals surface area contributed by atoms with E-state index in [9.17, 15) is 4.79 Å². The van der Waals surface area contributed by atoms with E-state index in [1.165, 1.54) is 36.0 Å². The summed E-state index contributed by atoms with van der Waals surface area (Å²) in [6.45, 7) is 3.98. The Morgan fingerprint density at radius 2 is 1.77 bits per heavy atom. The zero-order valence-corrected chi connectivity index (χ0v) is 13.3. The summed E-state index contributed by atoms with van der Waals surface area (Å²) in [5.74, 6) is 0.0182. The highest BCUT2D eigenvalue weighted by Gasteiger charge is 2.24. The lowest BCUT2D eigenvalue weighted by Gasteiger charge is -2.15. The molecule has 0 saturated carbocycles. The minimum absolute atomic E-state index is 0.0182. The minimum Gasteiger partial charge on any atom is -0.320 e. The number of carbonyl (C=O) groups is 1. The highest BCUT2D eigenvalue weighted by molar-refractivity contribution is 5.92. The average molecular weight is 295 g/mol. The summed E-state index contributed by atoms with van der Waals surface area (Å²) in [6.07, 6.45) is 9.00. The highest BCUT2D eigenvalue weighted by atomic mass is 16.2. The molecule has 3 nitrogen and oxygen atoms in total. The number of aryl methyl sites for hydroxylation is 3. The van der Waals surface area contributed by atoms with Crippen LogP contribution in [-0.4, -0.2) is 5.91 Å². The molecule has 0 unspecified atom stereocenters. The first-order chi connectivity index (χ1) is 10.6. The van der Waals surface area contributed by atoms with Crippen molar-refractivity contribution in [2.24, 2.45) is 0 Å². The van der Waals surface area contributed by atoms with Crippen LogP contribution in [0.5, 0.6) is 0 Å². The molecule has 1 aromatic heterocycles. The second-order valence-corrected chi connectivity index (χ2v) is 6.18. The first-order valence-corrected chi connectivity index (χ1v) is 8.03. The molecule has 114 valence electrons. The zero-order chi connectivity index (χ0) is 15.5. The molecule has 1 aliphatic carbocycles. The van der Waals surface area contributed by atoms with Gasteiger partial charge in [0.2, 0.25) is 6.04 Å². The molecule has 0 aliphatic heterocycles. The van der Waals surface area contributed by atoms with Crippen LogP contribution in [0.1, 0.15) is 42.5 Å². The number of fused-ring (bicyclic) bond motifs is 1. The third-order valence-corrected chi connectivity index (χ3v) is 4.45. The summed E-state index contributed by atoms with van der Waals surface area (Å²) in [6, 6.07) is 9.85. The Morgan fingerprint density at radius 1 is 1.09 bits per heavy atom. The summed E-state index contributed by atoms with van der Waals surface area (Å²) >= 11 is 0. The number of hydrogen-bond donors (Lipinski definition) is 1. The monoisotopic (exact) mass is 295 g/mol. The molecule has 1 aliphatic rings. The van der Waals surface area contributed by atoms with Crippen LogP contribution < -0.4 is 9.88 Å². The van der Waals surface area contributed by atoms with E-state index in [0.29, 0.717) is 0 Å². The van der Waals surface area contributed by atoms with Crippen LogP contribution in [0.2, 0.25) is 0 Å². The molecule has 1 heterocycles. The predicted molar refractivity (Wildman–Crippen MR) is 87.8 cm³/mol. The van der Waals surface area contributed by atoms with Gasteiger partial charge in [-0.3, -0.25) is 4.79 Å². The Labute approximate surface area is 132 Å². The zero-order valence-electron chi connectivity index (χ0n) is 13.3. The van der Waals surface area contributed by atoms with Gasteiger partial charge in [0.25, 0.3) is 5.91 Å². The molecular formula is C19H23N2O+. The van der Waals surface area contributed by atoms with Crippen LogP contribution in [0.15, 0.2) is 42.7 Å². The van der Waals surface area contributed by atoms with E-state index < -0.39 is 0 Å². The third kappa shape index (κ3) is 3.19. The minimum atomic E-state index is -0.214. The van der Waals surface area contributed by atoms with Crippen molar-refractivity contribution in [3.8, 4) is 0 Å². The molecule has 0 fully saturated rings. The Balaban J connectivity index is 1.73. The number of rotatable bonds is 3. The molecule has 3 rings (SSSR count). The first-order valence-electron chi connectivity index (χ1n) is 8.03. The van der Waals surface area contributed by atoms with Gasteiger partial charge in [0, 0.05) is 24.2 Å². The molecule has 22 heavy (non-hydrogen) atoms. The molecule has 0 saturated heterocycles. The second-order valence-electron chi connectivity index (χ2n) is 6.18. The maximum atomic E-state index is 12.4. The fourth-order valence-electron chi connectivity index (χ4n) is 2.95. The van der Waals surface area contributed by atoms with Crippen molar-refractivity contribution in [3.05, 3.63) is 59.4 Å². The summed E-state index contributed by atoms with van der Waals surface area (Å²) in [5.41, 5.74) is 4.87. The van der Waals surface area contributed by atoms with Gasteiger partial charge in [0.1, 0.15) is 0 Å². The van der Waals surface area contributed by atoms with Gasteiger partial charge in [-0.15, -0.1) is 0 Å². The first kappa shape index (κ1) is 14.8. The SMILES string of the molecule is Cc1ccc(NC(=O)[C@H](C)[n+]2ccc3c(c2)CCCC3)cc1. The number of amides is 1. The number of anilines is 1. The molecular weight excluding hydrogens is 272 g/mol. The average Bonchev–Trinajstić information content (AvgIpc) is 2.55. The van der Waals surface area contributed by atoms with Crippen LogP contribution in [0, 0.1) is 6.92 Å². The van der Waals surface area contributed by atoms with Crippen LogP contribution in [0.25, 0.3) is 0 Å². The van der Waals surface area contributed by atoms with Crippen LogP contribution in [-0.2, 0) is 17.6 Å². The summed E-state index contributed by atoms with van der Waals surface area (Å²) < 4.78 is 2.02. The maximum Gasteiger partial charge on any atom is 0.293 e. The highest BCUT2D eigenvalue weighted by Crippen LogP contribution is 2.19. The third-order valence-electron chi connectivity index (χ3n) is 4.45. The van der Waals surface area contributed by atoms with Gasteiger partial charge < -0.3 is 5.32 Å². The molecule has 0 bridgehead atoms. The lowest BCUT2D eigenvalue weighted by molar-refractivity contribution is -0.706. The number of aromatic nitrogens is 1. The summed E-state index contributed by atoms with van der Waals surface area (Å²) in [4.78, 5) is 12.4. The van der Waals surface area contributed by atoms with Gasteiger partial charge >= 0.3 is 0 Å². The molecule has 1 amide bonds. The lowest BCUT2D eigenvalue weighted by Crippen LogP contribution is -2.44. The fourth-order valence-corrected chi connectivity index (χ4v) is 2.95. The van der Waals surface area contributed by atoms with E-state index in [1.807, 2.05) is 48.9 Å². The van der Waals surface area contributed by atoms with Gasteiger partial charge in [0.05, 0.1) is 0 Å². The van der Waals surface area contributed by atoms with Gasteiger partial charge in [-0.1, -0.05) is 17.7 Å². The number of pyridine rings is 1. The Kier molecular flexibility index (Phi) is 4.23. The normalized spacial score (nSPS) is 15.0. The summed E-state index contributed by atoms with van der Waals surface area (Å²) in [5, 5.41) is 2.99. The molecule has 1 atom stereocenters. The Hall–Kier alpha value is -2.16. The Bertz CT molecular complexity index is 676. The van der Waals surface area contributed by atoms with Crippen molar-refractivity contribution in [1.82, 2.24) is 0 Å². The second kappa shape index (κ2) is 6.30. The molecule has 2 aromatic rings. The van der Waals surface area contributed by atoms with E-state index in [0.717, 1.165) is 12.1 Å². The number of nitrogens with zero attached hydrogens (tertiary/aromatic N) is 1. The van der Waals surface area contributed by atoms with E-state index in [1.54, 1.807) is 0 Å². The van der Waals surface area contributed by atoms with Crippen molar-refractivity contribution in [2.45, 2.75) is 45.6 Å². The largest absolute Gasteiger partial charge is 0.320 e. The lowest BCUT2D eigenvalue weighted by atomic mass is 9.93. The van der Waals surface area contributed by atoms with Crippen LogP contribution in [0.4, 0.5) is 5.69 Å². The number of hydrogen-bond acceptors (Lipinski definition) is 1. The van der Waals surface area contributed by atoms with Crippen molar-refractivity contribution < 1.29 is 9.36 Å². The van der Waals surface area contributed by atoms with Gasteiger partial charge in [-0.2, -0.15) is 4.57 Å². The fraction of sp³-hybridized carbons (Fsp3) is 0.368. The molecule has 1 aromatic carbocycles. The van der Waals surface area contributed by atoms with Gasteiger partial charge in [-0.05, 0) is 50.3 Å². The molecule has 3 heteroatoms.